The molecule has 1 saturated heterocycles. The van der Waals surface area contributed by atoms with Crippen LogP contribution in [0.25, 0.3) is 11.1 Å². The van der Waals surface area contributed by atoms with Gasteiger partial charge >= 0.3 is 6.09 Å². The normalized spacial score (nSPS) is 16.3. The van der Waals surface area contributed by atoms with E-state index >= 15 is 0 Å². The van der Waals surface area contributed by atoms with E-state index in [1.165, 1.54) is 0 Å². The molecule has 0 atom stereocenters. The van der Waals surface area contributed by atoms with E-state index in [0.717, 1.165) is 31.2 Å². The van der Waals surface area contributed by atoms with Crippen molar-refractivity contribution in [3.05, 3.63) is 58.6 Å². The summed E-state index contributed by atoms with van der Waals surface area (Å²) in [6.45, 7) is 2.47. The van der Waals surface area contributed by atoms with Crippen molar-refractivity contribution in [3.63, 3.8) is 0 Å². The second-order valence-corrected chi connectivity index (χ2v) is 9.16. The molecule has 1 aliphatic heterocycles. The Labute approximate surface area is 202 Å². The predicted molar refractivity (Wildman–Crippen MR) is 129 cm³/mol. The highest BCUT2D eigenvalue weighted by Crippen LogP contribution is 2.27. The number of oxazole rings is 1. The minimum Gasteiger partial charge on any atom is -0.448 e. The number of carbonyl (C=O) groups excluding carboxylic acids is 2. The van der Waals surface area contributed by atoms with Gasteiger partial charge in [0.25, 0.3) is 11.9 Å². The van der Waals surface area contributed by atoms with Gasteiger partial charge in [0, 0.05) is 36.3 Å². The summed E-state index contributed by atoms with van der Waals surface area (Å²) >= 11 is 6.05. The lowest BCUT2D eigenvalue weighted by Gasteiger charge is -2.30. The largest absolute Gasteiger partial charge is 0.448 e. The Hall–Kier alpha value is -3.26. The summed E-state index contributed by atoms with van der Waals surface area (Å²) in [4.78, 5) is 33.4. The van der Waals surface area contributed by atoms with Crippen LogP contribution >= 0.6 is 11.6 Å². The van der Waals surface area contributed by atoms with E-state index in [0.29, 0.717) is 60.5 Å². The average Bonchev–Trinajstić information content (AvgIpc) is 3.59. The third kappa shape index (κ3) is 4.97. The predicted octanol–water partition coefficient (Wildman–Crippen LogP) is 4.93. The maximum atomic E-state index is 13.5. The number of hydrogen-bond donors (Lipinski definition) is 1. The Bertz CT molecular complexity index is 1190. The number of benzene rings is 2. The SMILES string of the molecule is O=C1OCCN1CCN(C(=O)c1ccc2oc(NCc3cccc(Cl)c3)nc2c1)C1CCCC1. The molecule has 1 aromatic heterocycles. The summed E-state index contributed by atoms with van der Waals surface area (Å²) in [5, 5.41) is 3.84. The molecule has 3 aromatic rings. The van der Waals surface area contributed by atoms with Crippen molar-refractivity contribution in [1.82, 2.24) is 14.8 Å². The molecule has 0 spiro atoms. The standard InChI is InChI=1S/C25H27ClN4O4/c26-19-5-3-4-17(14-19)16-27-24-28-21-15-18(8-9-22(21)34-24)23(31)30(20-6-1-2-7-20)11-10-29-12-13-33-25(29)32/h3-5,8-9,14-15,20H,1-2,6-7,10-13,16H2,(H,27,28). The molecule has 1 saturated carbocycles. The van der Waals surface area contributed by atoms with Crippen LogP contribution < -0.4 is 5.32 Å². The first-order valence-corrected chi connectivity index (χ1v) is 12.1. The minimum atomic E-state index is -0.305. The molecule has 1 aliphatic carbocycles. The second-order valence-electron chi connectivity index (χ2n) is 8.72. The maximum absolute atomic E-state index is 13.5. The number of amides is 2. The van der Waals surface area contributed by atoms with E-state index < -0.39 is 0 Å². The number of anilines is 1. The van der Waals surface area contributed by atoms with Gasteiger partial charge in [-0.25, -0.2) is 4.79 Å². The molecule has 2 aliphatic rings. The number of halogens is 1. The van der Waals surface area contributed by atoms with Crippen LogP contribution in [0.15, 0.2) is 46.9 Å². The van der Waals surface area contributed by atoms with Gasteiger partial charge in [0.2, 0.25) is 0 Å². The Morgan fingerprint density at radius 1 is 1.21 bits per heavy atom. The van der Waals surface area contributed by atoms with Crippen molar-refractivity contribution in [2.75, 3.05) is 31.6 Å². The average molecular weight is 483 g/mol. The lowest BCUT2D eigenvalue weighted by Crippen LogP contribution is -2.44. The molecule has 0 unspecified atom stereocenters. The molecule has 0 radical (unpaired) electrons. The van der Waals surface area contributed by atoms with Gasteiger partial charge in [-0.2, -0.15) is 4.98 Å². The van der Waals surface area contributed by atoms with E-state index in [-0.39, 0.29) is 18.0 Å². The molecule has 8 nitrogen and oxygen atoms in total. The maximum Gasteiger partial charge on any atom is 0.409 e. The molecular weight excluding hydrogens is 456 g/mol. The Morgan fingerprint density at radius 3 is 2.82 bits per heavy atom. The Balaban J connectivity index is 1.30. The van der Waals surface area contributed by atoms with Crippen molar-refractivity contribution in [1.29, 1.82) is 0 Å². The fourth-order valence-corrected chi connectivity index (χ4v) is 4.86. The number of aromatic nitrogens is 1. The van der Waals surface area contributed by atoms with Crippen LogP contribution in [0.3, 0.4) is 0 Å². The number of cyclic esters (lactones) is 1. The second kappa shape index (κ2) is 9.93. The molecule has 2 amide bonds. The molecule has 34 heavy (non-hydrogen) atoms. The molecule has 2 fully saturated rings. The summed E-state index contributed by atoms with van der Waals surface area (Å²) in [6.07, 6.45) is 3.90. The summed E-state index contributed by atoms with van der Waals surface area (Å²) in [6, 6.07) is 13.5. The van der Waals surface area contributed by atoms with E-state index in [2.05, 4.69) is 10.3 Å². The summed E-state index contributed by atoms with van der Waals surface area (Å²) in [5.41, 5.74) is 2.81. The van der Waals surface area contributed by atoms with Crippen molar-refractivity contribution >= 4 is 40.7 Å². The van der Waals surface area contributed by atoms with Gasteiger partial charge in [0.05, 0.1) is 6.54 Å². The summed E-state index contributed by atoms with van der Waals surface area (Å²) in [7, 11) is 0. The molecule has 5 rings (SSSR count). The third-order valence-electron chi connectivity index (χ3n) is 6.45. The van der Waals surface area contributed by atoms with Gasteiger partial charge in [0.15, 0.2) is 5.58 Å². The quantitative estimate of drug-likeness (QED) is 0.489. The van der Waals surface area contributed by atoms with Crippen LogP contribution in [0.2, 0.25) is 5.02 Å². The molecule has 2 heterocycles. The van der Waals surface area contributed by atoms with Crippen LogP contribution in [0, 0.1) is 0 Å². The van der Waals surface area contributed by atoms with Gasteiger partial charge in [-0.15, -0.1) is 0 Å². The highest BCUT2D eigenvalue weighted by molar-refractivity contribution is 6.30. The fraction of sp³-hybridized carbons (Fsp3) is 0.400. The van der Waals surface area contributed by atoms with Crippen molar-refractivity contribution in [2.24, 2.45) is 0 Å². The van der Waals surface area contributed by atoms with Crippen LogP contribution in [0.4, 0.5) is 10.8 Å². The number of carbonyl (C=O) groups is 2. The molecule has 2 aromatic carbocycles. The summed E-state index contributed by atoms with van der Waals surface area (Å²) in [5.74, 6) is -0.0437. The zero-order chi connectivity index (χ0) is 23.5. The van der Waals surface area contributed by atoms with E-state index in [4.69, 9.17) is 20.8 Å². The minimum absolute atomic E-state index is 0.0437. The smallest absolute Gasteiger partial charge is 0.409 e. The highest BCUT2D eigenvalue weighted by atomic mass is 35.5. The van der Waals surface area contributed by atoms with Gasteiger partial charge in [-0.3, -0.25) is 4.79 Å². The number of nitrogens with zero attached hydrogens (tertiary/aromatic N) is 3. The molecule has 178 valence electrons. The number of rotatable bonds is 8. The number of fused-ring (bicyclic) bond motifs is 1. The van der Waals surface area contributed by atoms with E-state index in [1.54, 1.807) is 23.1 Å². The first-order chi connectivity index (χ1) is 16.6. The van der Waals surface area contributed by atoms with Gasteiger partial charge in [-0.05, 0) is 48.7 Å². The summed E-state index contributed by atoms with van der Waals surface area (Å²) < 4.78 is 10.8. The van der Waals surface area contributed by atoms with Crippen LogP contribution in [0.1, 0.15) is 41.6 Å². The molecule has 0 bridgehead atoms. The van der Waals surface area contributed by atoms with Crippen molar-refractivity contribution in [3.8, 4) is 0 Å². The monoisotopic (exact) mass is 482 g/mol. The highest BCUT2D eigenvalue weighted by Gasteiger charge is 2.30. The first-order valence-electron chi connectivity index (χ1n) is 11.7. The van der Waals surface area contributed by atoms with Gasteiger partial charge in [-0.1, -0.05) is 36.6 Å². The zero-order valence-corrected chi connectivity index (χ0v) is 19.6. The van der Waals surface area contributed by atoms with Crippen LogP contribution in [0.5, 0.6) is 0 Å². The van der Waals surface area contributed by atoms with Crippen molar-refractivity contribution < 1.29 is 18.7 Å². The topological polar surface area (TPSA) is 87.9 Å². The van der Waals surface area contributed by atoms with Crippen LogP contribution in [-0.4, -0.2) is 59.1 Å². The fourth-order valence-electron chi connectivity index (χ4n) is 4.65. The number of hydrogen-bond acceptors (Lipinski definition) is 6. The van der Waals surface area contributed by atoms with E-state index in [9.17, 15) is 9.59 Å². The number of nitrogens with one attached hydrogen (secondary N) is 1. The lowest BCUT2D eigenvalue weighted by molar-refractivity contribution is 0.0663. The van der Waals surface area contributed by atoms with Crippen molar-refractivity contribution in [2.45, 2.75) is 38.3 Å². The van der Waals surface area contributed by atoms with Gasteiger partial charge < -0.3 is 24.3 Å². The molecule has 9 heteroatoms. The number of ether oxygens (including phenoxy) is 1. The molecule has 1 N–H and O–H groups in total. The Kier molecular flexibility index (Phi) is 6.58. The Morgan fingerprint density at radius 2 is 2.06 bits per heavy atom. The lowest BCUT2D eigenvalue weighted by atomic mass is 10.1. The van der Waals surface area contributed by atoms with Gasteiger partial charge in [0.1, 0.15) is 12.1 Å². The first kappa shape index (κ1) is 22.5. The zero-order valence-electron chi connectivity index (χ0n) is 18.8. The molecular formula is C25H27ClN4O4. The third-order valence-corrected chi connectivity index (χ3v) is 6.68. The van der Waals surface area contributed by atoms with Crippen LogP contribution in [-0.2, 0) is 11.3 Å². The van der Waals surface area contributed by atoms with E-state index in [1.807, 2.05) is 29.2 Å².